The molecule has 3 aromatic rings. The van der Waals surface area contributed by atoms with Gasteiger partial charge in [-0.05, 0) is 48.4 Å². The summed E-state index contributed by atoms with van der Waals surface area (Å²) in [5.74, 6) is 0.00238. The number of nitrogens with zero attached hydrogens (tertiary/aromatic N) is 1. The molecule has 0 saturated carbocycles. The summed E-state index contributed by atoms with van der Waals surface area (Å²) in [6, 6.07) is 16.9. The van der Waals surface area contributed by atoms with Gasteiger partial charge in [-0.3, -0.25) is 10.1 Å². The van der Waals surface area contributed by atoms with Crippen LogP contribution < -0.4 is 0 Å². The van der Waals surface area contributed by atoms with Crippen LogP contribution in [-0.2, 0) is 9.53 Å². The zero-order valence-corrected chi connectivity index (χ0v) is 15.4. The molecule has 0 unspecified atom stereocenters. The van der Waals surface area contributed by atoms with Gasteiger partial charge in [-0.2, -0.15) is 0 Å². The van der Waals surface area contributed by atoms with Gasteiger partial charge in [0.1, 0.15) is 5.76 Å². The number of ether oxygens (including phenoxy) is 1. The van der Waals surface area contributed by atoms with Gasteiger partial charge >= 0.3 is 5.97 Å². The van der Waals surface area contributed by atoms with E-state index in [-0.39, 0.29) is 5.69 Å². The molecular weight excluding hydrogens is 354 g/mol. The normalized spacial score (nSPS) is 15.0. The molecule has 138 valence electrons. The number of nitro benzene ring substituents is 1. The molecule has 0 saturated heterocycles. The summed E-state index contributed by atoms with van der Waals surface area (Å²) in [4.78, 5) is 23.0. The number of hydrogen-bond acceptors (Lipinski definition) is 4. The third kappa shape index (κ3) is 3.30. The van der Waals surface area contributed by atoms with E-state index in [1.807, 2.05) is 37.3 Å². The van der Waals surface area contributed by atoms with Gasteiger partial charge in [-0.15, -0.1) is 0 Å². The smallest absolute Gasteiger partial charge is 0.343 e. The molecule has 0 spiro atoms. The molecule has 5 heteroatoms. The molecule has 0 N–H and O–H groups in total. The fraction of sp³-hybridized carbons (Fsp3) is 0.0870. The van der Waals surface area contributed by atoms with Crippen LogP contribution in [0.2, 0.25) is 0 Å². The highest BCUT2D eigenvalue weighted by Crippen LogP contribution is 2.30. The largest absolute Gasteiger partial charge is 0.422 e. The highest BCUT2D eigenvalue weighted by molar-refractivity contribution is 6.05. The molecular formula is C23H17NO4. The predicted octanol–water partition coefficient (Wildman–Crippen LogP) is 5.35. The van der Waals surface area contributed by atoms with Crippen LogP contribution in [0.15, 0.2) is 66.2 Å². The van der Waals surface area contributed by atoms with E-state index in [0.29, 0.717) is 22.5 Å². The number of carbonyl (C=O) groups excluding carboxylic acids is 1. The van der Waals surface area contributed by atoms with Gasteiger partial charge in [0, 0.05) is 17.2 Å². The molecule has 1 aliphatic heterocycles. The van der Waals surface area contributed by atoms with Crippen LogP contribution in [0.25, 0.3) is 22.6 Å². The topological polar surface area (TPSA) is 69.4 Å². The molecule has 28 heavy (non-hydrogen) atoms. The molecule has 4 rings (SSSR count). The standard InChI is InChI=1S/C23H17NO4/c1-14-3-6-18-12-19(8-7-17(18)9-14)22-13-20(23(25)28-22)10-16-5-4-15(2)21(11-16)24(26)27/h3-13H,1-2H3. The number of fused-ring (bicyclic) bond motifs is 1. The Hall–Kier alpha value is -3.73. The van der Waals surface area contributed by atoms with Crippen LogP contribution in [0.5, 0.6) is 0 Å². The van der Waals surface area contributed by atoms with Crippen molar-refractivity contribution in [2.24, 2.45) is 0 Å². The number of cyclic esters (lactones) is 1. The first-order chi connectivity index (χ1) is 13.4. The van der Waals surface area contributed by atoms with Crippen molar-refractivity contribution in [1.82, 2.24) is 0 Å². The van der Waals surface area contributed by atoms with Crippen LogP contribution >= 0.6 is 0 Å². The lowest BCUT2D eigenvalue weighted by atomic mass is 10.0. The number of carbonyl (C=O) groups is 1. The highest BCUT2D eigenvalue weighted by atomic mass is 16.6. The lowest BCUT2D eigenvalue weighted by Crippen LogP contribution is -1.97. The summed E-state index contributed by atoms with van der Waals surface area (Å²) in [6.07, 6.45) is 3.27. The minimum atomic E-state index is -0.470. The van der Waals surface area contributed by atoms with Gasteiger partial charge < -0.3 is 4.74 Å². The van der Waals surface area contributed by atoms with Crippen LogP contribution in [-0.4, -0.2) is 10.9 Å². The number of benzene rings is 3. The SMILES string of the molecule is Cc1ccc2cc(C3=CC(=Cc4ccc(C)c([N+](=O)[O-])c4)C(=O)O3)ccc2c1. The van der Waals surface area contributed by atoms with Crippen molar-refractivity contribution < 1.29 is 14.5 Å². The van der Waals surface area contributed by atoms with Crippen LogP contribution in [0.4, 0.5) is 5.69 Å². The van der Waals surface area contributed by atoms with Crippen molar-refractivity contribution in [3.63, 3.8) is 0 Å². The van der Waals surface area contributed by atoms with E-state index in [1.165, 1.54) is 11.6 Å². The van der Waals surface area contributed by atoms with Crippen molar-refractivity contribution in [3.8, 4) is 0 Å². The molecule has 3 aromatic carbocycles. The summed E-state index contributed by atoms with van der Waals surface area (Å²) in [5.41, 5.74) is 3.53. The Kier molecular flexibility index (Phi) is 4.28. The maximum atomic E-state index is 12.3. The summed E-state index contributed by atoms with van der Waals surface area (Å²) in [5, 5.41) is 13.3. The van der Waals surface area contributed by atoms with Crippen LogP contribution in [0, 0.1) is 24.0 Å². The van der Waals surface area contributed by atoms with E-state index < -0.39 is 10.9 Å². The van der Waals surface area contributed by atoms with Crippen LogP contribution in [0.3, 0.4) is 0 Å². The van der Waals surface area contributed by atoms with E-state index >= 15 is 0 Å². The van der Waals surface area contributed by atoms with Crippen molar-refractivity contribution in [2.45, 2.75) is 13.8 Å². The van der Waals surface area contributed by atoms with Crippen molar-refractivity contribution in [1.29, 1.82) is 0 Å². The first kappa shape index (κ1) is 17.7. The Bertz CT molecular complexity index is 1200. The Labute approximate surface area is 161 Å². The predicted molar refractivity (Wildman–Crippen MR) is 109 cm³/mol. The van der Waals surface area contributed by atoms with Crippen molar-refractivity contribution in [3.05, 3.63) is 98.6 Å². The molecule has 0 atom stereocenters. The lowest BCUT2D eigenvalue weighted by molar-refractivity contribution is -0.385. The Morgan fingerprint density at radius 2 is 1.71 bits per heavy atom. The summed E-state index contributed by atoms with van der Waals surface area (Å²) in [7, 11) is 0. The van der Waals surface area contributed by atoms with E-state index in [1.54, 1.807) is 31.2 Å². The minimum Gasteiger partial charge on any atom is -0.422 e. The average molecular weight is 371 g/mol. The Balaban J connectivity index is 1.70. The molecule has 0 bridgehead atoms. The first-order valence-electron chi connectivity index (χ1n) is 8.82. The van der Waals surface area contributed by atoms with Crippen molar-refractivity contribution >= 4 is 34.3 Å². The molecule has 1 aliphatic rings. The number of rotatable bonds is 3. The zero-order valence-electron chi connectivity index (χ0n) is 15.4. The molecule has 0 aliphatic carbocycles. The maximum Gasteiger partial charge on any atom is 0.343 e. The van der Waals surface area contributed by atoms with Gasteiger partial charge in [-0.25, -0.2) is 4.79 Å². The average Bonchev–Trinajstić information content (AvgIpc) is 3.03. The lowest BCUT2D eigenvalue weighted by Gasteiger charge is -2.05. The fourth-order valence-electron chi connectivity index (χ4n) is 3.24. The van der Waals surface area contributed by atoms with Gasteiger partial charge in [0.05, 0.1) is 10.5 Å². The second-order valence-electron chi connectivity index (χ2n) is 6.87. The van der Waals surface area contributed by atoms with E-state index in [9.17, 15) is 14.9 Å². The summed E-state index contributed by atoms with van der Waals surface area (Å²) < 4.78 is 5.43. The zero-order chi connectivity index (χ0) is 19.8. The number of hydrogen-bond donors (Lipinski definition) is 0. The highest BCUT2D eigenvalue weighted by Gasteiger charge is 2.22. The summed E-state index contributed by atoms with van der Waals surface area (Å²) in [6.45, 7) is 3.72. The monoisotopic (exact) mass is 371 g/mol. The molecule has 5 nitrogen and oxygen atoms in total. The molecule has 0 aromatic heterocycles. The number of esters is 1. The third-order valence-electron chi connectivity index (χ3n) is 4.76. The van der Waals surface area contributed by atoms with Gasteiger partial charge in [-0.1, -0.05) is 48.0 Å². The van der Waals surface area contributed by atoms with E-state index in [0.717, 1.165) is 16.3 Å². The third-order valence-corrected chi connectivity index (χ3v) is 4.76. The molecule has 0 amide bonds. The molecule has 1 heterocycles. The molecule has 0 fully saturated rings. The number of aryl methyl sites for hydroxylation is 2. The quantitative estimate of drug-likeness (QED) is 0.269. The fourth-order valence-corrected chi connectivity index (χ4v) is 3.24. The van der Waals surface area contributed by atoms with Gasteiger partial charge in [0.2, 0.25) is 0 Å². The first-order valence-corrected chi connectivity index (χ1v) is 8.82. The molecule has 0 radical (unpaired) electrons. The van der Waals surface area contributed by atoms with E-state index in [2.05, 4.69) is 6.07 Å². The van der Waals surface area contributed by atoms with E-state index in [4.69, 9.17) is 4.74 Å². The van der Waals surface area contributed by atoms with Gasteiger partial charge in [0.25, 0.3) is 5.69 Å². The second kappa shape index (κ2) is 6.78. The Morgan fingerprint density at radius 1 is 0.964 bits per heavy atom. The Morgan fingerprint density at radius 3 is 2.50 bits per heavy atom. The van der Waals surface area contributed by atoms with Crippen molar-refractivity contribution in [2.75, 3.05) is 0 Å². The number of nitro groups is 1. The summed E-state index contributed by atoms with van der Waals surface area (Å²) >= 11 is 0. The van der Waals surface area contributed by atoms with Gasteiger partial charge in [0.15, 0.2) is 0 Å². The minimum absolute atomic E-state index is 0.0229. The second-order valence-corrected chi connectivity index (χ2v) is 6.87. The maximum absolute atomic E-state index is 12.3. The van der Waals surface area contributed by atoms with Crippen LogP contribution in [0.1, 0.15) is 22.3 Å².